The zero-order chi connectivity index (χ0) is 42.3. The van der Waals surface area contributed by atoms with Gasteiger partial charge in [-0.2, -0.15) is 20.4 Å². The molecule has 8 heterocycles. The SMILES string of the molecule is O=C1CCC(n2ncc3c(-c4cnn(C5CCN(CC6CCC(n7cc(NC(=O)c8cnn9ccc(N%10CCCOCC%10)nc89)c(C(F)F)n7)CC6)CC5)c4)cccc32)C(=O)N1. The molecule has 10 rings (SSSR count). The zero-order valence-corrected chi connectivity index (χ0v) is 34.3. The number of alkyl halides is 2. The number of fused-ring (bicyclic) bond motifs is 2. The van der Waals surface area contributed by atoms with Crippen molar-refractivity contribution in [1.29, 1.82) is 0 Å². The van der Waals surface area contributed by atoms with Crippen molar-refractivity contribution in [2.75, 3.05) is 56.2 Å². The Hall–Kier alpha value is -6.08. The van der Waals surface area contributed by atoms with Crippen molar-refractivity contribution < 1.29 is 27.9 Å². The fourth-order valence-electron chi connectivity index (χ4n) is 9.70. The molecule has 62 heavy (non-hydrogen) atoms. The van der Waals surface area contributed by atoms with Crippen LogP contribution in [0.4, 0.5) is 20.3 Å². The van der Waals surface area contributed by atoms with Crippen LogP contribution < -0.4 is 15.5 Å². The van der Waals surface area contributed by atoms with Crippen molar-refractivity contribution in [2.24, 2.45) is 5.92 Å². The molecule has 1 saturated carbocycles. The first-order valence-electron chi connectivity index (χ1n) is 21.7. The van der Waals surface area contributed by atoms with E-state index in [4.69, 9.17) is 14.8 Å². The highest BCUT2D eigenvalue weighted by atomic mass is 19.3. The predicted molar refractivity (Wildman–Crippen MR) is 224 cm³/mol. The minimum atomic E-state index is -2.86. The summed E-state index contributed by atoms with van der Waals surface area (Å²) >= 11 is 0. The number of imide groups is 1. The third-order valence-electron chi connectivity index (χ3n) is 13.1. The maximum atomic E-state index is 14.3. The summed E-state index contributed by atoms with van der Waals surface area (Å²) in [7, 11) is 0. The molecule has 6 aromatic rings. The molecular weight excluding hydrogens is 801 g/mol. The van der Waals surface area contributed by atoms with Crippen LogP contribution in [0.1, 0.15) is 98.4 Å². The first kappa shape index (κ1) is 40.0. The van der Waals surface area contributed by atoms with E-state index in [0.29, 0.717) is 43.6 Å². The molecule has 2 N–H and O–H groups in total. The van der Waals surface area contributed by atoms with E-state index >= 15 is 0 Å². The smallest absolute Gasteiger partial charge is 0.284 e. The minimum Gasteiger partial charge on any atom is -0.380 e. The number of piperidine rings is 2. The van der Waals surface area contributed by atoms with Gasteiger partial charge >= 0.3 is 0 Å². The summed E-state index contributed by atoms with van der Waals surface area (Å²) in [5.41, 5.74) is 2.92. The molecule has 4 aliphatic rings. The number of rotatable bonds is 10. The van der Waals surface area contributed by atoms with E-state index in [1.165, 1.54) is 10.7 Å². The standard InChI is InChI=1S/C43H49F2N13O4/c44-40(45)39-34(49-42(60)33-23-47-55-17-13-37(50-41(33)55)54-14-2-19-62-20-18-54)26-57(52-39)29-7-5-27(6-8-29)24-53-15-11-30(12-16-53)56-25-28(21-46-56)31-3-1-4-35-32(31)22-48-58(35)36-9-10-38(59)51-43(36)61/h1,3-4,13,17,21-23,25-27,29-30,36,40H,2,5-12,14-16,18-20,24H2,(H,49,60)(H,51,59,61). The molecule has 0 bridgehead atoms. The van der Waals surface area contributed by atoms with E-state index < -0.39 is 24.1 Å². The van der Waals surface area contributed by atoms with Gasteiger partial charge in [0.2, 0.25) is 5.91 Å². The number of halogens is 2. The molecule has 3 amide bonds. The number of hydrogen-bond acceptors (Lipinski definition) is 11. The van der Waals surface area contributed by atoms with Crippen LogP contribution in [0.3, 0.4) is 0 Å². The fraction of sp³-hybridized carbons (Fsp3) is 0.488. The zero-order valence-electron chi connectivity index (χ0n) is 34.3. The minimum absolute atomic E-state index is 0.00239. The number of likely N-dealkylation sites (tertiary alicyclic amines) is 1. The lowest BCUT2D eigenvalue weighted by Gasteiger charge is -2.36. The summed E-state index contributed by atoms with van der Waals surface area (Å²) in [6.45, 7) is 5.65. The average Bonchev–Trinajstić information content (AvgIpc) is 4.08. The van der Waals surface area contributed by atoms with Gasteiger partial charge < -0.3 is 19.9 Å². The fourth-order valence-corrected chi connectivity index (χ4v) is 9.70. The summed E-state index contributed by atoms with van der Waals surface area (Å²) in [6, 6.07) is 7.52. The third kappa shape index (κ3) is 7.94. The molecule has 324 valence electrons. The maximum Gasteiger partial charge on any atom is 0.284 e. The first-order chi connectivity index (χ1) is 30.3. The van der Waals surface area contributed by atoms with E-state index in [1.807, 2.05) is 30.5 Å². The monoisotopic (exact) mass is 849 g/mol. The number of nitrogens with zero attached hydrogens (tertiary/aromatic N) is 11. The number of carbonyl (C=O) groups excluding carboxylic acids is 3. The number of ether oxygens (including phenoxy) is 1. The molecule has 3 saturated heterocycles. The average molecular weight is 850 g/mol. The van der Waals surface area contributed by atoms with Crippen LogP contribution in [0.2, 0.25) is 0 Å². The van der Waals surface area contributed by atoms with E-state index in [2.05, 4.69) is 46.6 Å². The van der Waals surface area contributed by atoms with Crippen LogP contribution in [0.25, 0.3) is 27.7 Å². The summed E-state index contributed by atoms with van der Waals surface area (Å²) in [5.74, 6) is 0.0579. The highest BCUT2D eigenvalue weighted by molar-refractivity contribution is 6.08. The van der Waals surface area contributed by atoms with E-state index in [0.717, 1.165) is 93.2 Å². The molecule has 19 heteroatoms. The van der Waals surface area contributed by atoms with Crippen LogP contribution in [0, 0.1) is 5.92 Å². The van der Waals surface area contributed by atoms with Gasteiger partial charge in [-0.15, -0.1) is 0 Å². The molecule has 1 aliphatic carbocycles. The Labute approximate surface area is 355 Å². The number of hydrogen-bond donors (Lipinski definition) is 2. The third-order valence-corrected chi connectivity index (χ3v) is 13.1. The van der Waals surface area contributed by atoms with Gasteiger partial charge in [-0.1, -0.05) is 12.1 Å². The van der Waals surface area contributed by atoms with Gasteiger partial charge in [0, 0.05) is 75.3 Å². The molecule has 1 unspecified atom stereocenters. The maximum absolute atomic E-state index is 14.3. The second-order valence-corrected chi connectivity index (χ2v) is 16.9. The Morgan fingerprint density at radius 1 is 0.887 bits per heavy atom. The number of nitrogens with one attached hydrogen (secondary N) is 2. The topological polar surface area (TPSA) is 175 Å². The molecule has 1 aromatic carbocycles. The Bertz CT molecular complexity index is 2590. The van der Waals surface area contributed by atoms with Crippen molar-refractivity contribution in [2.45, 2.75) is 82.3 Å². The normalized spacial score (nSPS) is 22.1. The summed E-state index contributed by atoms with van der Waals surface area (Å²) in [4.78, 5) is 47.2. The molecule has 3 aliphatic heterocycles. The van der Waals surface area contributed by atoms with Gasteiger partial charge in [-0.3, -0.25) is 33.7 Å². The van der Waals surface area contributed by atoms with Crippen LogP contribution in [0.15, 0.2) is 61.4 Å². The van der Waals surface area contributed by atoms with E-state index in [1.54, 1.807) is 28.0 Å². The Balaban J connectivity index is 0.730. The molecule has 4 fully saturated rings. The highest BCUT2D eigenvalue weighted by Crippen LogP contribution is 2.37. The van der Waals surface area contributed by atoms with Gasteiger partial charge in [-0.05, 0) is 75.0 Å². The Morgan fingerprint density at radius 3 is 2.55 bits per heavy atom. The van der Waals surface area contributed by atoms with Crippen LogP contribution in [-0.4, -0.2) is 112 Å². The molecular formula is C43H49F2N13O4. The van der Waals surface area contributed by atoms with Gasteiger partial charge in [0.15, 0.2) is 11.3 Å². The first-order valence-corrected chi connectivity index (χ1v) is 21.7. The summed E-state index contributed by atoms with van der Waals surface area (Å²) in [6.07, 6.45) is 14.7. The molecule has 0 radical (unpaired) electrons. The number of anilines is 2. The number of amides is 3. The summed E-state index contributed by atoms with van der Waals surface area (Å²) < 4.78 is 41.1. The van der Waals surface area contributed by atoms with Gasteiger partial charge in [-0.25, -0.2) is 18.3 Å². The predicted octanol–water partition coefficient (Wildman–Crippen LogP) is 5.60. The van der Waals surface area contributed by atoms with Crippen LogP contribution >= 0.6 is 0 Å². The van der Waals surface area contributed by atoms with Crippen LogP contribution in [0.5, 0.6) is 0 Å². The Kier molecular flexibility index (Phi) is 11.0. The van der Waals surface area contributed by atoms with Crippen molar-refractivity contribution in [1.82, 2.24) is 54.2 Å². The van der Waals surface area contributed by atoms with Crippen molar-refractivity contribution in [3.05, 3.63) is 72.7 Å². The Morgan fingerprint density at radius 2 is 1.73 bits per heavy atom. The second-order valence-electron chi connectivity index (χ2n) is 16.9. The highest BCUT2D eigenvalue weighted by Gasteiger charge is 2.32. The molecule has 5 aromatic heterocycles. The van der Waals surface area contributed by atoms with E-state index in [-0.39, 0.29) is 41.6 Å². The van der Waals surface area contributed by atoms with Crippen molar-refractivity contribution >= 4 is 45.8 Å². The lowest BCUT2D eigenvalue weighted by molar-refractivity contribution is -0.135. The van der Waals surface area contributed by atoms with Gasteiger partial charge in [0.25, 0.3) is 18.2 Å². The molecule has 17 nitrogen and oxygen atoms in total. The van der Waals surface area contributed by atoms with Crippen LogP contribution in [-0.2, 0) is 14.3 Å². The molecule has 1 atom stereocenters. The second kappa shape index (κ2) is 17.0. The van der Waals surface area contributed by atoms with Crippen molar-refractivity contribution in [3.63, 3.8) is 0 Å². The van der Waals surface area contributed by atoms with Crippen molar-refractivity contribution in [3.8, 4) is 11.1 Å². The number of aromatic nitrogens is 9. The van der Waals surface area contributed by atoms with E-state index in [9.17, 15) is 23.2 Å². The van der Waals surface area contributed by atoms with Gasteiger partial charge in [0.1, 0.15) is 17.4 Å². The quantitative estimate of drug-likeness (QED) is 0.164. The molecule has 0 spiro atoms. The number of carbonyl (C=O) groups is 3. The largest absolute Gasteiger partial charge is 0.380 e. The lowest BCUT2D eigenvalue weighted by atomic mass is 9.85. The lowest BCUT2D eigenvalue weighted by Crippen LogP contribution is -2.42. The van der Waals surface area contributed by atoms with Gasteiger partial charge in [0.05, 0.1) is 48.5 Å². The summed E-state index contributed by atoms with van der Waals surface area (Å²) in [5, 5.41) is 24.0. The number of benzene rings is 1.